The second-order valence-electron chi connectivity index (χ2n) is 6.42. The first kappa shape index (κ1) is 22.3. The maximum atomic E-state index is 11.7. The van der Waals surface area contributed by atoms with E-state index in [2.05, 4.69) is 11.3 Å². The van der Waals surface area contributed by atoms with Crippen molar-refractivity contribution < 1.29 is 54.1 Å². The molecule has 0 aromatic heterocycles. The molecule has 8 atom stereocenters. The third-order valence-electron chi connectivity index (χ3n) is 4.76. The zero-order valence-electron chi connectivity index (χ0n) is 15.1. The number of hydrogen-bond acceptors (Lipinski definition) is 10. The minimum Gasteiger partial charge on any atom is -0.478 e. The standard InChI is InChI=1S/C17H24O11/c1-3-7-8(4-11(19)25-2)9(15(23)24)6-26-16(7)28-17-14(22)13(21)12(20)10(5-18)27-17/h3,6-8,10,12-14,16-18,20-22H,1,4-5H2,2H3,(H,23,24)/t7-,8+,10-,12-,13+,14-,16+,17+/m1/s1. The van der Waals surface area contributed by atoms with Gasteiger partial charge in [-0.25, -0.2) is 4.79 Å². The Morgan fingerprint density at radius 3 is 2.43 bits per heavy atom. The summed E-state index contributed by atoms with van der Waals surface area (Å²) in [6, 6.07) is 0. The van der Waals surface area contributed by atoms with Crippen molar-refractivity contribution >= 4 is 11.9 Å². The second-order valence-corrected chi connectivity index (χ2v) is 6.42. The van der Waals surface area contributed by atoms with Gasteiger partial charge in [0.15, 0.2) is 6.29 Å². The number of carboxylic acids is 1. The molecule has 11 heteroatoms. The van der Waals surface area contributed by atoms with E-state index in [4.69, 9.17) is 14.2 Å². The third kappa shape index (κ3) is 4.51. The predicted octanol–water partition coefficient (Wildman–Crippen LogP) is -1.89. The normalized spacial score (nSPS) is 38.1. The quantitative estimate of drug-likeness (QED) is 0.237. The summed E-state index contributed by atoms with van der Waals surface area (Å²) in [7, 11) is 1.16. The van der Waals surface area contributed by atoms with Crippen molar-refractivity contribution in [3.8, 4) is 0 Å². The van der Waals surface area contributed by atoms with Crippen LogP contribution in [0.25, 0.3) is 0 Å². The van der Waals surface area contributed by atoms with E-state index in [0.29, 0.717) is 0 Å². The van der Waals surface area contributed by atoms with E-state index in [1.807, 2.05) is 0 Å². The van der Waals surface area contributed by atoms with Gasteiger partial charge in [0.1, 0.15) is 24.4 Å². The summed E-state index contributed by atoms with van der Waals surface area (Å²) < 4.78 is 20.7. The highest BCUT2D eigenvalue weighted by Crippen LogP contribution is 2.36. The Morgan fingerprint density at radius 2 is 1.89 bits per heavy atom. The van der Waals surface area contributed by atoms with Crippen LogP contribution in [0.2, 0.25) is 0 Å². The maximum absolute atomic E-state index is 11.7. The molecule has 0 amide bonds. The summed E-state index contributed by atoms with van der Waals surface area (Å²) in [5.41, 5.74) is -0.191. The number of esters is 1. The summed E-state index contributed by atoms with van der Waals surface area (Å²) >= 11 is 0. The van der Waals surface area contributed by atoms with Crippen LogP contribution >= 0.6 is 0 Å². The van der Waals surface area contributed by atoms with Gasteiger partial charge < -0.3 is 44.5 Å². The van der Waals surface area contributed by atoms with Gasteiger partial charge in [0.2, 0.25) is 6.29 Å². The molecule has 0 aliphatic carbocycles. The molecule has 0 bridgehead atoms. The van der Waals surface area contributed by atoms with Crippen LogP contribution in [0.4, 0.5) is 0 Å². The number of aliphatic hydroxyl groups is 4. The molecule has 2 aliphatic heterocycles. The number of carbonyl (C=O) groups is 2. The first-order valence-electron chi connectivity index (χ1n) is 8.49. The van der Waals surface area contributed by atoms with Gasteiger partial charge >= 0.3 is 11.9 Å². The molecular weight excluding hydrogens is 380 g/mol. The highest BCUT2D eigenvalue weighted by Gasteiger charge is 2.47. The first-order valence-corrected chi connectivity index (χ1v) is 8.49. The van der Waals surface area contributed by atoms with Gasteiger partial charge in [0.05, 0.1) is 32.0 Å². The molecule has 11 nitrogen and oxygen atoms in total. The van der Waals surface area contributed by atoms with Crippen molar-refractivity contribution in [3.05, 3.63) is 24.5 Å². The van der Waals surface area contributed by atoms with Gasteiger partial charge in [0.25, 0.3) is 0 Å². The average molecular weight is 404 g/mol. The molecule has 0 saturated carbocycles. The number of methoxy groups -OCH3 is 1. The monoisotopic (exact) mass is 404 g/mol. The number of ether oxygens (including phenoxy) is 4. The van der Waals surface area contributed by atoms with Crippen LogP contribution in [0, 0.1) is 11.8 Å². The molecule has 2 rings (SSSR count). The first-order chi connectivity index (χ1) is 13.2. The fourth-order valence-corrected chi connectivity index (χ4v) is 3.14. The number of carboxylic acid groups (broad SMARTS) is 1. The molecule has 2 aliphatic rings. The zero-order valence-corrected chi connectivity index (χ0v) is 15.1. The number of aliphatic carboxylic acids is 1. The molecular formula is C17H24O11. The topological polar surface area (TPSA) is 172 Å². The highest BCUT2D eigenvalue weighted by atomic mass is 16.8. The Bertz CT molecular complexity index is 616. The second kappa shape index (κ2) is 9.45. The lowest BCUT2D eigenvalue weighted by atomic mass is 9.81. The van der Waals surface area contributed by atoms with Crippen LogP contribution in [-0.2, 0) is 28.5 Å². The summed E-state index contributed by atoms with van der Waals surface area (Å²) in [4.78, 5) is 23.2. The number of hydrogen-bond donors (Lipinski definition) is 5. The van der Waals surface area contributed by atoms with Crippen LogP contribution in [-0.4, -0.2) is 88.2 Å². The van der Waals surface area contributed by atoms with Crippen molar-refractivity contribution in [1.29, 1.82) is 0 Å². The van der Waals surface area contributed by atoms with E-state index >= 15 is 0 Å². The third-order valence-corrected chi connectivity index (χ3v) is 4.76. The largest absolute Gasteiger partial charge is 0.478 e. The lowest BCUT2D eigenvalue weighted by Gasteiger charge is -2.42. The van der Waals surface area contributed by atoms with Crippen molar-refractivity contribution in [3.63, 3.8) is 0 Å². The molecule has 0 unspecified atom stereocenters. The van der Waals surface area contributed by atoms with E-state index in [1.54, 1.807) is 0 Å². The van der Waals surface area contributed by atoms with Crippen LogP contribution in [0.5, 0.6) is 0 Å². The van der Waals surface area contributed by atoms with Crippen LogP contribution in [0.3, 0.4) is 0 Å². The summed E-state index contributed by atoms with van der Waals surface area (Å²) in [5.74, 6) is -3.70. The molecule has 28 heavy (non-hydrogen) atoms. The van der Waals surface area contributed by atoms with Crippen molar-refractivity contribution in [2.24, 2.45) is 11.8 Å². The molecule has 158 valence electrons. The highest BCUT2D eigenvalue weighted by molar-refractivity contribution is 5.88. The SMILES string of the molecule is C=C[C@H]1[C@H](O[C@@H]2O[C@H](CO)[C@@H](O)[C@H](O)[C@H]2O)OC=C(C(=O)O)[C@H]1CC(=O)OC. The minimum absolute atomic E-state index is 0.191. The predicted molar refractivity (Wildman–Crippen MR) is 89.3 cm³/mol. The summed E-state index contributed by atoms with van der Waals surface area (Å²) in [6.45, 7) is 2.97. The number of aliphatic hydroxyl groups excluding tert-OH is 4. The zero-order chi connectivity index (χ0) is 21.0. The van der Waals surface area contributed by atoms with Gasteiger partial charge in [-0.1, -0.05) is 6.08 Å². The number of rotatable bonds is 7. The van der Waals surface area contributed by atoms with E-state index in [1.165, 1.54) is 6.08 Å². The Balaban J connectivity index is 2.23. The lowest BCUT2D eigenvalue weighted by Crippen LogP contribution is -2.60. The smallest absolute Gasteiger partial charge is 0.335 e. The Labute approximate surface area is 160 Å². The van der Waals surface area contributed by atoms with Crippen molar-refractivity contribution in [1.82, 2.24) is 0 Å². The van der Waals surface area contributed by atoms with E-state index < -0.39 is 67.4 Å². The molecule has 0 aromatic carbocycles. The van der Waals surface area contributed by atoms with E-state index in [0.717, 1.165) is 13.4 Å². The molecule has 5 N–H and O–H groups in total. The van der Waals surface area contributed by atoms with Crippen molar-refractivity contribution in [2.45, 2.75) is 43.4 Å². The lowest BCUT2D eigenvalue weighted by molar-refractivity contribution is -0.339. The molecule has 2 heterocycles. The fraction of sp³-hybridized carbons (Fsp3) is 0.647. The maximum Gasteiger partial charge on any atom is 0.335 e. The van der Waals surface area contributed by atoms with Gasteiger partial charge in [-0.05, 0) is 0 Å². The average Bonchev–Trinajstić information content (AvgIpc) is 2.68. The molecule has 0 aromatic rings. The fourth-order valence-electron chi connectivity index (χ4n) is 3.14. The van der Waals surface area contributed by atoms with E-state index in [-0.39, 0.29) is 12.0 Å². The molecule has 0 spiro atoms. The minimum atomic E-state index is -1.67. The van der Waals surface area contributed by atoms with Gasteiger partial charge in [-0.3, -0.25) is 4.79 Å². The Morgan fingerprint density at radius 1 is 1.21 bits per heavy atom. The van der Waals surface area contributed by atoms with Crippen LogP contribution in [0.1, 0.15) is 6.42 Å². The Hall–Kier alpha value is -2.02. The van der Waals surface area contributed by atoms with Crippen molar-refractivity contribution in [2.75, 3.05) is 13.7 Å². The van der Waals surface area contributed by atoms with Gasteiger partial charge in [0, 0.05) is 11.8 Å². The van der Waals surface area contributed by atoms with Gasteiger partial charge in [-0.2, -0.15) is 0 Å². The van der Waals surface area contributed by atoms with E-state index in [9.17, 15) is 35.1 Å². The molecule has 1 fully saturated rings. The number of carbonyl (C=O) groups excluding carboxylic acids is 1. The van der Waals surface area contributed by atoms with Gasteiger partial charge in [-0.15, -0.1) is 6.58 Å². The summed E-state index contributed by atoms with van der Waals surface area (Å²) in [5, 5.41) is 48.4. The molecule has 0 radical (unpaired) electrons. The van der Waals surface area contributed by atoms with Crippen LogP contribution in [0.15, 0.2) is 24.5 Å². The Kier molecular flexibility index (Phi) is 7.52. The molecule has 1 saturated heterocycles. The van der Waals surface area contributed by atoms with Crippen LogP contribution < -0.4 is 0 Å². The summed E-state index contributed by atoms with van der Waals surface area (Å²) in [6.07, 6.45) is -6.84.